The molecule has 2 aliphatic rings. The van der Waals surface area contributed by atoms with Crippen molar-refractivity contribution in [3.8, 4) is 17.2 Å². The van der Waals surface area contributed by atoms with Crippen LogP contribution in [-0.2, 0) is 6.54 Å². The van der Waals surface area contributed by atoms with Crippen molar-refractivity contribution in [2.24, 2.45) is 5.41 Å². The number of hydrogen-bond donors (Lipinski definition) is 1. The number of nitro benzene ring substituents is 1. The van der Waals surface area contributed by atoms with E-state index in [1.807, 2.05) is 0 Å². The average molecular weight is 587 g/mol. The minimum Gasteiger partial charge on any atom is -0.490 e. The Kier molecular flexibility index (Phi) is 8.50. The maximum atomic E-state index is 13.6. The predicted molar refractivity (Wildman–Crippen MR) is 156 cm³/mol. The summed E-state index contributed by atoms with van der Waals surface area (Å²) in [5, 5.41) is 16.3. The van der Waals surface area contributed by atoms with Crippen molar-refractivity contribution in [1.82, 2.24) is 18.8 Å². The molecule has 1 aliphatic heterocycles. The van der Waals surface area contributed by atoms with Crippen LogP contribution in [0.5, 0.6) is 11.5 Å². The quantitative estimate of drug-likeness (QED) is 0.196. The molecule has 0 unspecified atom stereocenters. The third kappa shape index (κ3) is 6.52. The Bertz CT molecular complexity index is 1440. The summed E-state index contributed by atoms with van der Waals surface area (Å²) in [5.41, 5.74) is 1.81. The van der Waals surface area contributed by atoms with Gasteiger partial charge in [0.2, 0.25) is 5.75 Å². The van der Waals surface area contributed by atoms with E-state index in [-0.39, 0.29) is 22.4 Å². The molecule has 11 nitrogen and oxygen atoms in total. The van der Waals surface area contributed by atoms with Gasteiger partial charge in [0.05, 0.1) is 30.5 Å². The molecule has 2 fully saturated rings. The van der Waals surface area contributed by atoms with Gasteiger partial charge in [0.1, 0.15) is 5.69 Å². The number of nitrogens with one attached hydrogen (secondary N) is 1. The van der Waals surface area contributed by atoms with Gasteiger partial charge in [-0.1, -0.05) is 30.7 Å². The molecule has 1 saturated carbocycles. The highest BCUT2D eigenvalue weighted by atomic mass is 35.5. The minimum absolute atomic E-state index is 0.0555. The molecule has 1 saturated heterocycles. The van der Waals surface area contributed by atoms with Gasteiger partial charge in [0.15, 0.2) is 5.75 Å². The van der Waals surface area contributed by atoms with Crippen molar-refractivity contribution in [2.45, 2.75) is 26.3 Å². The minimum atomic E-state index is -0.445. The van der Waals surface area contributed by atoms with Gasteiger partial charge in [-0.3, -0.25) is 14.9 Å². The highest BCUT2D eigenvalue weighted by molar-refractivity contribution is 7.95. The largest absolute Gasteiger partial charge is 0.490 e. The van der Waals surface area contributed by atoms with Crippen molar-refractivity contribution >= 4 is 35.1 Å². The third-order valence-electron chi connectivity index (χ3n) is 7.13. The number of piperazine rings is 1. The lowest BCUT2D eigenvalue weighted by Gasteiger charge is -2.35. The van der Waals surface area contributed by atoms with Crippen LogP contribution in [0.2, 0.25) is 5.02 Å². The first kappa shape index (κ1) is 28.2. The van der Waals surface area contributed by atoms with Crippen LogP contribution in [0.25, 0.3) is 5.69 Å². The standard InChI is InChI=1S/C27H31ClN6O5S/c1-27(8-9-27)18-39-25-23(17-29-33(26(25)35)21-5-3-4-20(28)15-21)31-10-12-32(13-11-31)40-30-16-19-6-7-24(38-2)22(14-19)34(36)37/h3-7,14-15,17,30H,8-13,16,18H2,1-2H3. The molecule has 0 spiro atoms. The van der Waals surface area contributed by atoms with Crippen molar-refractivity contribution in [3.05, 3.63) is 79.7 Å². The van der Waals surface area contributed by atoms with E-state index in [9.17, 15) is 14.9 Å². The summed E-state index contributed by atoms with van der Waals surface area (Å²) in [5.74, 6) is 0.547. The molecule has 2 heterocycles. The van der Waals surface area contributed by atoms with Gasteiger partial charge in [0, 0.05) is 61.4 Å². The fourth-order valence-electron chi connectivity index (χ4n) is 4.40. The lowest BCUT2D eigenvalue weighted by molar-refractivity contribution is -0.385. The van der Waals surface area contributed by atoms with E-state index in [2.05, 4.69) is 25.9 Å². The molecule has 0 amide bonds. The highest BCUT2D eigenvalue weighted by Crippen LogP contribution is 2.45. The summed E-state index contributed by atoms with van der Waals surface area (Å²) < 4.78 is 18.1. The predicted octanol–water partition coefficient (Wildman–Crippen LogP) is 4.46. The Morgan fingerprint density at radius 3 is 2.62 bits per heavy atom. The second-order valence-electron chi connectivity index (χ2n) is 10.2. The van der Waals surface area contributed by atoms with Crippen molar-refractivity contribution in [1.29, 1.82) is 0 Å². The Morgan fingerprint density at radius 1 is 1.18 bits per heavy atom. The lowest BCUT2D eigenvalue weighted by atomic mass is 10.2. The zero-order valence-corrected chi connectivity index (χ0v) is 23.9. The van der Waals surface area contributed by atoms with Gasteiger partial charge in [-0.15, -0.1) is 0 Å². The van der Waals surface area contributed by atoms with Crippen LogP contribution >= 0.6 is 23.7 Å². The number of nitrogens with zero attached hydrogens (tertiary/aromatic N) is 5. The Labute approximate surface area is 241 Å². The molecule has 40 heavy (non-hydrogen) atoms. The van der Waals surface area contributed by atoms with E-state index in [0.717, 1.165) is 31.5 Å². The molecule has 0 radical (unpaired) electrons. The maximum Gasteiger partial charge on any atom is 0.316 e. The van der Waals surface area contributed by atoms with Crippen LogP contribution in [0.3, 0.4) is 0 Å². The number of hydrogen-bond acceptors (Lipinski definition) is 10. The van der Waals surface area contributed by atoms with Crippen LogP contribution in [0.15, 0.2) is 53.5 Å². The summed E-state index contributed by atoms with van der Waals surface area (Å²) >= 11 is 7.63. The molecule has 1 N–H and O–H groups in total. The Morgan fingerprint density at radius 2 is 1.95 bits per heavy atom. The zero-order chi connectivity index (χ0) is 28.3. The van der Waals surface area contributed by atoms with Gasteiger partial charge in [0.25, 0.3) is 0 Å². The van der Waals surface area contributed by atoms with Crippen molar-refractivity contribution in [2.75, 3.05) is 44.8 Å². The molecule has 2 aromatic carbocycles. The topological polar surface area (TPSA) is 115 Å². The summed E-state index contributed by atoms with van der Waals surface area (Å²) in [6.45, 7) is 5.92. The van der Waals surface area contributed by atoms with E-state index in [1.165, 1.54) is 30.0 Å². The monoisotopic (exact) mass is 586 g/mol. The van der Waals surface area contributed by atoms with Gasteiger partial charge in [-0.25, -0.2) is 9.03 Å². The van der Waals surface area contributed by atoms with E-state index in [4.69, 9.17) is 21.1 Å². The molecule has 5 rings (SSSR count). The fraction of sp³-hybridized carbons (Fsp3) is 0.407. The number of halogens is 1. The van der Waals surface area contributed by atoms with Gasteiger partial charge < -0.3 is 14.4 Å². The third-order valence-corrected chi connectivity index (χ3v) is 8.26. The van der Waals surface area contributed by atoms with E-state index < -0.39 is 4.92 Å². The first-order valence-corrected chi connectivity index (χ1v) is 14.1. The van der Waals surface area contributed by atoms with Crippen LogP contribution in [0, 0.1) is 15.5 Å². The number of aromatic nitrogens is 2. The van der Waals surface area contributed by atoms with Gasteiger partial charge >= 0.3 is 11.2 Å². The summed E-state index contributed by atoms with van der Waals surface area (Å²) in [6, 6.07) is 12.0. The van der Waals surface area contributed by atoms with Crippen LogP contribution in [-0.4, -0.2) is 58.9 Å². The number of anilines is 1. The van der Waals surface area contributed by atoms with Crippen LogP contribution in [0.1, 0.15) is 25.3 Å². The summed E-state index contributed by atoms with van der Waals surface area (Å²) in [7, 11) is 1.42. The number of rotatable bonds is 11. The number of benzene rings is 2. The smallest absolute Gasteiger partial charge is 0.316 e. The summed E-state index contributed by atoms with van der Waals surface area (Å²) in [6.07, 6.45) is 3.87. The fourth-order valence-corrected chi connectivity index (χ4v) is 5.35. The molecule has 3 aromatic rings. The van der Waals surface area contributed by atoms with E-state index in [1.54, 1.807) is 42.6 Å². The van der Waals surface area contributed by atoms with E-state index >= 15 is 0 Å². The van der Waals surface area contributed by atoms with Crippen LogP contribution in [0.4, 0.5) is 11.4 Å². The second kappa shape index (κ2) is 12.0. The molecule has 0 bridgehead atoms. The maximum absolute atomic E-state index is 13.6. The molecule has 13 heteroatoms. The number of ether oxygens (including phenoxy) is 2. The normalized spacial score (nSPS) is 16.5. The molecular formula is C27H31ClN6O5S. The highest BCUT2D eigenvalue weighted by Gasteiger charge is 2.39. The first-order valence-electron chi connectivity index (χ1n) is 13.0. The molecule has 0 atom stereocenters. The first-order chi connectivity index (χ1) is 19.3. The average Bonchev–Trinajstić information content (AvgIpc) is 3.69. The molecule has 1 aromatic heterocycles. The summed E-state index contributed by atoms with van der Waals surface area (Å²) in [4.78, 5) is 26.5. The molecule has 212 valence electrons. The van der Waals surface area contributed by atoms with E-state index in [0.29, 0.717) is 48.4 Å². The van der Waals surface area contributed by atoms with Gasteiger partial charge in [-0.2, -0.15) is 9.78 Å². The van der Waals surface area contributed by atoms with Crippen molar-refractivity contribution in [3.63, 3.8) is 0 Å². The van der Waals surface area contributed by atoms with Crippen molar-refractivity contribution < 1.29 is 14.4 Å². The number of nitro groups is 1. The Balaban J connectivity index is 1.24. The lowest BCUT2D eigenvalue weighted by Crippen LogP contribution is -2.45. The Hall–Kier alpha value is -3.32. The van der Waals surface area contributed by atoms with Gasteiger partial charge in [-0.05, 0) is 42.7 Å². The molecule has 1 aliphatic carbocycles. The molecular weight excluding hydrogens is 556 g/mol. The second-order valence-corrected chi connectivity index (χ2v) is 11.7. The zero-order valence-electron chi connectivity index (χ0n) is 22.3. The number of methoxy groups -OCH3 is 1. The SMILES string of the molecule is COc1ccc(CNSN2CCN(c3cnn(-c4cccc(Cl)c4)c(=O)c3OCC3(C)CC3)CC2)cc1[N+](=O)[O-]. The van der Waals surface area contributed by atoms with Crippen LogP contribution < -0.4 is 24.7 Å².